The third-order valence-corrected chi connectivity index (χ3v) is 8.38. The summed E-state index contributed by atoms with van der Waals surface area (Å²) in [5, 5.41) is 10.5. The first-order chi connectivity index (χ1) is 12.0. The van der Waals surface area contributed by atoms with Gasteiger partial charge >= 0.3 is 0 Å². The summed E-state index contributed by atoms with van der Waals surface area (Å²) in [6, 6.07) is 0. The topological polar surface area (TPSA) is 38.7 Å². The van der Waals surface area contributed by atoms with Crippen LogP contribution in [-0.4, -0.2) is 42.8 Å². The van der Waals surface area contributed by atoms with E-state index < -0.39 is 6.17 Å². The van der Waals surface area contributed by atoms with Crippen LogP contribution in [-0.2, 0) is 9.47 Å². The van der Waals surface area contributed by atoms with Crippen molar-refractivity contribution in [2.75, 3.05) is 13.2 Å². The van der Waals surface area contributed by atoms with E-state index in [2.05, 4.69) is 13.8 Å². The van der Waals surface area contributed by atoms with Crippen LogP contribution in [0.4, 0.5) is 4.39 Å². The lowest BCUT2D eigenvalue weighted by Gasteiger charge is -2.56. The largest absolute Gasteiger partial charge is 0.393 e. The van der Waals surface area contributed by atoms with Gasteiger partial charge in [-0.3, -0.25) is 0 Å². The minimum atomic E-state index is -0.826. The van der Waals surface area contributed by atoms with Gasteiger partial charge in [0.1, 0.15) is 6.17 Å². The highest BCUT2D eigenvalue weighted by atomic mass is 19.1. The fourth-order valence-electron chi connectivity index (χ4n) is 7.24. The van der Waals surface area contributed by atoms with E-state index in [9.17, 15) is 5.11 Å². The highest BCUT2D eigenvalue weighted by molar-refractivity contribution is 5.31. The number of hydrogen-bond acceptors (Lipinski definition) is 3. The van der Waals surface area contributed by atoms with E-state index in [1.807, 2.05) is 0 Å². The first kappa shape index (κ1) is 16.7. The van der Waals surface area contributed by atoms with Gasteiger partial charge in [0.15, 0.2) is 0 Å². The Hall–Kier alpha value is -0.450. The van der Waals surface area contributed by atoms with Crippen LogP contribution >= 0.6 is 0 Å². The molecule has 0 aromatic rings. The van der Waals surface area contributed by atoms with Crippen LogP contribution in [0.2, 0.25) is 0 Å². The molecule has 1 N–H and O–H groups in total. The summed E-state index contributed by atoms with van der Waals surface area (Å²) in [6.07, 6.45) is 4.45. The molecule has 3 fully saturated rings. The molecule has 0 spiro atoms. The minimum absolute atomic E-state index is 0.0496. The molecule has 4 heteroatoms. The molecular weight excluding hydrogens is 319 g/mol. The fourth-order valence-corrected chi connectivity index (χ4v) is 7.24. The average Bonchev–Trinajstić information content (AvgIpc) is 2.87. The van der Waals surface area contributed by atoms with E-state index in [0.29, 0.717) is 37.4 Å². The van der Waals surface area contributed by atoms with Crippen molar-refractivity contribution in [3.8, 4) is 0 Å². The molecule has 0 radical (unpaired) electrons. The Bertz CT molecular complexity index is 590. The zero-order valence-corrected chi connectivity index (χ0v) is 15.4. The second kappa shape index (κ2) is 5.77. The molecule has 5 aliphatic rings. The van der Waals surface area contributed by atoms with Gasteiger partial charge in [0, 0.05) is 5.92 Å². The van der Waals surface area contributed by atoms with Crippen molar-refractivity contribution in [2.24, 2.45) is 29.1 Å². The second-order valence-corrected chi connectivity index (χ2v) is 9.57. The van der Waals surface area contributed by atoms with E-state index in [-0.39, 0.29) is 29.6 Å². The number of alkyl halides is 1. The number of ether oxygens (including phenoxy) is 2. The first-order valence-electron chi connectivity index (χ1n) is 10.2. The summed E-state index contributed by atoms with van der Waals surface area (Å²) < 4.78 is 27.4. The first-order valence-corrected chi connectivity index (χ1v) is 10.2. The van der Waals surface area contributed by atoms with E-state index >= 15 is 4.39 Å². The van der Waals surface area contributed by atoms with Crippen molar-refractivity contribution in [2.45, 2.75) is 76.9 Å². The smallest absolute Gasteiger partial charge is 0.108 e. The Kier molecular flexibility index (Phi) is 3.86. The summed E-state index contributed by atoms with van der Waals surface area (Å²) in [4.78, 5) is 0. The van der Waals surface area contributed by atoms with Crippen LogP contribution in [0.1, 0.15) is 52.4 Å². The monoisotopic (exact) mass is 350 g/mol. The molecule has 25 heavy (non-hydrogen) atoms. The van der Waals surface area contributed by atoms with Crippen molar-refractivity contribution in [1.29, 1.82) is 0 Å². The average molecular weight is 350 g/mol. The number of rotatable bonds is 0. The Morgan fingerprint density at radius 3 is 2.56 bits per heavy atom. The molecule has 0 aromatic carbocycles. The van der Waals surface area contributed by atoms with Crippen molar-refractivity contribution in [3.05, 3.63) is 11.1 Å². The SMILES string of the molecule is C[C@@H]1CC2=C(CC3OCCOC3C2)[C@@H]2[C@@H]1[C@@H]1CC[C@H](O)[C@@]1(C)C[C@@H]2F. The molecule has 1 saturated heterocycles. The van der Waals surface area contributed by atoms with E-state index in [0.717, 1.165) is 32.1 Å². The molecule has 1 heterocycles. The molecule has 140 valence electrons. The molecule has 5 rings (SSSR count). The second-order valence-electron chi connectivity index (χ2n) is 9.57. The maximum atomic E-state index is 15.5. The summed E-state index contributed by atoms with van der Waals surface area (Å²) in [7, 11) is 0. The van der Waals surface area contributed by atoms with Gasteiger partial charge in [-0.1, -0.05) is 25.0 Å². The molecular formula is C21H31FO3. The van der Waals surface area contributed by atoms with Gasteiger partial charge in [0.2, 0.25) is 0 Å². The predicted octanol–water partition coefficient (Wildman–Crippen LogP) is 3.65. The lowest BCUT2D eigenvalue weighted by molar-refractivity contribution is -0.148. The zero-order valence-electron chi connectivity index (χ0n) is 15.4. The fraction of sp³-hybridized carbons (Fsp3) is 0.905. The molecule has 0 aromatic heterocycles. The summed E-state index contributed by atoms with van der Waals surface area (Å²) in [6.45, 7) is 5.81. The molecule has 9 atom stereocenters. The van der Waals surface area contributed by atoms with E-state index in [4.69, 9.17) is 9.47 Å². The minimum Gasteiger partial charge on any atom is -0.393 e. The van der Waals surface area contributed by atoms with Gasteiger partial charge in [-0.25, -0.2) is 4.39 Å². The maximum absolute atomic E-state index is 15.5. The van der Waals surface area contributed by atoms with Gasteiger partial charge in [0.25, 0.3) is 0 Å². The quantitative estimate of drug-likeness (QED) is 0.678. The number of fused-ring (bicyclic) bond motifs is 5. The molecule has 1 aliphatic heterocycles. The molecule has 2 unspecified atom stereocenters. The van der Waals surface area contributed by atoms with Gasteiger partial charge in [-0.2, -0.15) is 0 Å². The van der Waals surface area contributed by atoms with Crippen LogP contribution in [0, 0.1) is 29.1 Å². The Morgan fingerprint density at radius 1 is 1.08 bits per heavy atom. The van der Waals surface area contributed by atoms with Crippen LogP contribution in [0.5, 0.6) is 0 Å². The molecule has 4 aliphatic carbocycles. The number of halogens is 1. The standard InChI is InChI=1S/C21H31FO3/c1-11-7-12-8-16-17(25-6-5-24-16)9-13(12)20-15(22)10-21(2)14(19(11)20)3-4-18(21)23/h11,14-20,23H,3-10H2,1-2H3/t11-,14+,15+,16?,17?,18+,19+,20+,21+/m1/s1. The Morgan fingerprint density at radius 2 is 1.80 bits per heavy atom. The number of aliphatic hydroxyl groups is 1. The highest BCUT2D eigenvalue weighted by Crippen LogP contribution is 2.63. The van der Waals surface area contributed by atoms with Gasteiger partial charge < -0.3 is 14.6 Å². The van der Waals surface area contributed by atoms with Crippen molar-refractivity contribution < 1.29 is 19.0 Å². The number of aliphatic hydroxyl groups excluding tert-OH is 1. The highest BCUT2D eigenvalue weighted by Gasteiger charge is 2.60. The molecule has 0 amide bonds. The lowest BCUT2D eigenvalue weighted by atomic mass is 9.51. The Labute approximate surface area is 150 Å². The summed E-state index contributed by atoms with van der Waals surface area (Å²) in [5.74, 6) is 1.39. The third-order valence-electron chi connectivity index (χ3n) is 8.38. The third kappa shape index (κ3) is 2.33. The van der Waals surface area contributed by atoms with Gasteiger partial charge in [0.05, 0.1) is 31.5 Å². The van der Waals surface area contributed by atoms with Crippen LogP contribution in [0.15, 0.2) is 11.1 Å². The molecule has 2 saturated carbocycles. The van der Waals surface area contributed by atoms with Crippen LogP contribution in [0.25, 0.3) is 0 Å². The van der Waals surface area contributed by atoms with Crippen LogP contribution < -0.4 is 0 Å². The van der Waals surface area contributed by atoms with Crippen LogP contribution in [0.3, 0.4) is 0 Å². The Balaban J connectivity index is 1.51. The molecule has 0 bridgehead atoms. The molecule has 3 nitrogen and oxygen atoms in total. The van der Waals surface area contributed by atoms with E-state index in [1.165, 1.54) is 11.1 Å². The summed E-state index contributed by atoms with van der Waals surface area (Å²) >= 11 is 0. The number of hydrogen-bond donors (Lipinski definition) is 1. The van der Waals surface area contributed by atoms with Gasteiger partial charge in [-0.15, -0.1) is 0 Å². The lowest BCUT2D eigenvalue weighted by Crippen LogP contribution is -2.54. The van der Waals surface area contributed by atoms with Crippen molar-refractivity contribution >= 4 is 0 Å². The van der Waals surface area contributed by atoms with E-state index in [1.54, 1.807) is 0 Å². The van der Waals surface area contributed by atoms with Gasteiger partial charge in [-0.05, 0) is 61.7 Å². The van der Waals surface area contributed by atoms with Crippen molar-refractivity contribution in [3.63, 3.8) is 0 Å². The normalized spacial score (nSPS) is 55.2. The predicted molar refractivity (Wildman–Crippen MR) is 92.9 cm³/mol. The summed E-state index contributed by atoms with van der Waals surface area (Å²) in [5.41, 5.74) is 2.60. The zero-order chi connectivity index (χ0) is 17.3. The van der Waals surface area contributed by atoms with Crippen molar-refractivity contribution in [1.82, 2.24) is 0 Å². The maximum Gasteiger partial charge on any atom is 0.108 e.